The Hall–Kier alpha value is -1.07. The zero-order chi connectivity index (χ0) is 13.8. The lowest BCUT2D eigenvalue weighted by atomic mass is 10.1. The Balaban J connectivity index is 2.09. The Bertz CT molecular complexity index is 459. The molecule has 1 aromatic rings. The summed E-state index contributed by atoms with van der Waals surface area (Å²) in [6.45, 7) is 7.63. The van der Waals surface area contributed by atoms with Crippen molar-refractivity contribution in [3.05, 3.63) is 16.4 Å². The SMILES string of the molecule is CCc1nn(CC)c(CN2CCC(=NO)CC2)c1Cl. The van der Waals surface area contributed by atoms with Gasteiger partial charge in [-0.1, -0.05) is 23.7 Å². The Morgan fingerprint density at radius 1 is 1.32 bits per heavy atom. The minimum atomic E-state index is 0.811. The monoisotopic (exact) mass is 284 g/mol. The van der Waals surface area contributed by atoms with Crippen LogP contribution in [0.4, 0.5) is 0 Å². The quantitative estimate of drug-likeness (QED) is 0.683. The van der Waals surface area contributed by atoms with Gasteiger partial charge in [-0.3, -0.25) is 9.58 Å². The second kappa shape index (κ2) is 6.39. The van der Waals surface area contributed by atoms with Crippen LogP contribution in [0.2, 0.25) is 5.02 Å². The standard InChI is InChI=1S/C13H21ClN4O/c1-3-11-13(14)12(18(4-2)15-11)9-17-7-5-10(16-19)6-8-17/h19H,3-9H2,1-2H3. The molecule has 0 aliphatic carbocycles. The fourth-order valence-electron chi connectivity index (χ4n) is 2.45. The summed E-state index contributed by atoms with van der Waals surface area (Å²) in [5.74, 6) is 0. The van der Waals surface area contributed by atoms with Gasteiger partial charge in [0.15, 0.2) is 0 Å². The van der Waals surface area contributed by atoms with E-state index in [1.54, 1.807) is 0 Å². The van der Waals surface area contributed by atoms with Crippen molar-refractivity contribution < 1.29 is 5.21 Å². The first-order valence-electron chi connectivity index (χ1n) is 6.85. The van der Waals surface area contributed by atoms with Gasteiger partial charge in [-0.2, -0.15) is 5.10 Å². The van der Waals surface area contributed by atoms with Gasteiger partial charge in [-0.05, 0) is 13.3 Å². The number of rotatable bonds is 4. The number of hydrogen-bond donors (Lipinski definition) is 1. The Labute approximate surface area is 118 Å². The number of likely N-dealkylation sites (tertiary alicyclic amines) is 1. The molecule has 1 aliphatic heterocycles. The van der Waals surface area contributed by atoms with Gasteiger partial charge in [0.25, 0.3) is 0 Å². The van der Waals surface area contributed by atoms with Gasteiger partial charge in [0, 0.05) is 39.0 Å². The highest BCUT2D eigenvalue weighted by atomic mass is 35.5. The highest BCUT2D eigenvalue weighted by Crippen LogP contribution is 2.24. The molecule has 1 aliphatic rings. The molecule has 0 bridgehead atoms. The van der Waals surface area contributed by atoms with Crippen molar-refractivity contribution in [2.45, 2.75) is 46.2 Å². The number of piperidine rings is 1. The molecule has 1 N–H and O–H groups in total. The number of aryl methyl sites for hydroxylation is 2. The number of halogens is 1. The first-order valence-corrected chi connectivity index (χ1v) is 7.23. The summed E-state index contributed by atoms with van der Waals surface area (Å²) in [6.07, 6.45) is 2.52. The van der Waals surface area contributed by atoms with E-state index in [4.69, 9.17) is 16.8 Å². The fourth-order valence-corrected chi connectivity index (χ4v) is 2.78. The fraction of sp³-hybridized carbons (Fsp3) is 0.692. The summed E-state index contributed by atoms with van der Waals surface area (Å²) in [5, 5.41) is 17.4. The molecule has 0 amide bonds. The van der Waals surface area contributed by atoms with Gasteiger partial charge < -0.3 is 5.21 Å². The molecule has 0 aromatic carbocycles. The number of aromatic nitrogens is 2. The second-order valence-electron chi connectivity index (χ2n) is 4.82. The zero-order valence-electron chi connectivity index (χ0n) is 11.6. The summed E-state index contributed by atoms with van der Waals surface area (Å²) >= 11 is 6.41. The topological polar surface area (TPSA) is 53.7 Å². The molecule has 1 fully saturated rings. The Morgan fingerprint density at radius 3 is 2.53 bits per heavy atom. The van der Waals surface area contributed by atoms with Crippen LogP contribution in [-0.2, 0) is 19.5 Å². The molecule has 5 nitrogen and oxygen atoms in total. The molecule has 6 heteroatoms. The molecule has 0 unspecified atom stereocenters. The Kier molecular flexibility index (Phi) is 4.82. The maximum atomic E-state index is 8.76. The van der Waals surface area contributed by atoms with Crippen LogP contribution in [-0.4, -0.2) is 38.7 Å². The maximum absolute atomic E-state index is 8.76. The van der Waals surface area contributed by atoms with Crippen LogP contribution in [0.5, 0.6) is 0 Å². The largest absolute Gasteiger partial charge is 0.411 e. The molecule has 0 spiro atoms. The van der Waals surface area contributed by atoms with Gasteiger partial charge in [-0.15, -0.1) is 0 Å². The zero-order valence-corrected chi connectivity index (χ0v) is 12.3. The molecule has 0 saturated carbocycles. The predicted octanol–water partition coefficient (Wildman–Crippen LogP) is 2.54. The van der Waals surface area contributed by atoms with E-state index in [0.29, 0.717) is 0 Å². The summed E-state index contributed by atoms with van der Waals surface area (Å²) in [4.78, 5) is 2.34. The van der Waals surface area contributed by atoms with Crippen molar-refractivity contribution >= 4 is 17.3 Å². The van der Waals surface area contributed by atoms with Gasteiger partial charge in [0.1, 0.15) is 0 Å². The third-order valence-corrected chi connectivity index (χ3v) is 4.08. The minimum absolute atomic E-state index is 0.811. The van der Waals surface area contributed by atoms with E-state index < -0.39 is 0 Å². The van der Waals surface area contributed by atoms with Crippen LogP contribution in [0.15, 0.2) is 5.16 Å². The lowest BCUT2D eigenvalue weighted by molar-refractivity contribution is 0.249. The molecular formula is C13H21ClN4O. The average molecular weight is 285 g/mol. The second-order valence-corrected chi connectivity index (χ2v) is 5.20. The lowest BCUT2D eigenvalue weighted by Crippen LogP contribution is -2.34. The predicted molar refractivity (Wildman–Crippen MR) is 76.0 cm³/mol. The first-order chi connectivity index (χ1) is 9.19. The maximum Gasteiger partial charge on any atom is 0.0863 e. The van der Waals surface area contributed by atoms with E-state index in [9.17, 15) is 0 Å². The molecule has 0 atom stereocenters. The van der Waals surface area contributed by atoms with E-state index in [0.717, 1.165) is 67.6 Å². The van der Waals surface area contributed by atoms with Crippen LogP contribution < -0.4 is 0 Å². The van der Waals surface area contributed by atoms with E-state index >= 15 is 0 Å². The molecule has 0 radical (unpaired) electrons. The van der Waals surface area contributed by atoms with Crippen molar-refractivity contribution in [3.8, 4) is 0 Å². The summed E-state index contributed by atoms with van der Waals surface area (Å²) in [5.41, 5.74) is 2.97. The normalized spacial score (nSPS) is 16.9. The van der Waals surface area contributed by atoms with Crippen LogP contribution in [0, 0.1) is 0 Å². The molecule has 2 heterocycles. The third-order valence-electron chi connectivity index (χ3n) is 3.64. The van der Waals surface area contributed by atoms with E-state index in [-0.39, 0.29) is 0 Å². The molecular weight excluding hydrogens is 264 g/mol. The lowest BCUT2D eigenvalue weighted by Gasteiger charge is -2.27. The first kappa shape index (κ1) is 14.3. The molecule has 1 aromatic heterocycles. The summed E-state index contributed by atoms with van der Waals surface area (Å²) in [6, 6.07) is 0. The van der Waals surface area contributed by atoms with Crippen LogP contribution in [0.1, 0.15) is 38.1 Å². The molecule has 19 heavy (non-hydrogen) atoms. The van der Waals surface area contributed by atoms with Crippen LogP contribution >= 0.6 is 11.6 Å². The number of oxime groups is 1. The van der Waals surface area contributed by atoms with Gasteiger partial charge in [0.2, 0.25) is 0 Å². The highest BCUT2D eigenvalue weighted by molar-refractivity contribution is 6.31. The van der Waals surface area contributed by atoms with Crippen molar-refractivity contribution in [3.63, 3.8) is 0 Å². The van der Waals surface area contributed by atoms with Crippen molar-refractivity contribution in [1.29, 1.82) is 0 Å². The molecule has 1 saturated heterocycles. The van der Waals surface area contributed by atoms with Crippen molar-refractivity contribution in [2.24, 2.45) is 5.16 Å². The summed E-state index contributed by atoms with van der Waals surface area (Å²) < 4.78 is 2.00. The summed E-state index contributed by atoms with van der Waals surface area (Å²) in [7, 11) is 0. The van der Waals surface area contributed by atoms with Gasteiger partial charge in [0.05, 0.1) is 22.1 Å². The van der Waals surface area contributed by atoms with Gasteiger partial charge in [-0.25, -0.2) is 0 Å². The Morgan fingerprint density at radius 2 is 2.00 bits per heavy atom. The smallest absolute Gasteiger partial charge is 0.0863 e. The van der Waals surface area contributed by atoms with Crippen molar-refractivity contribution in [1.82, 2.24) is 14.7 Å². The van der Waals surface area contributed by atoms with Crippen LogP contribution in [0.25, 0.3) is 0 Å². The number of nitrogens with zero attached hydrogens (tertiary/aromatic N) is 4. The van der Waals surface area contributed by atoms with Crippen LogP contribution in [0.3, 0.4) is 0 Å². The van der Waals surface area contributed by atoms with E-state index in [1.807, 2.05) is 4.68 Å². The molecule has 2 rings (SSSR count). The molecule has 106 valence electrons. The van der Waals surface area contributed by atoms with Gasteiger partial charge >= 0.3 is 0 Å². The average Bonchev–Trinajstić information content (AvgIpc) is 2.76. The highest BCUT2D eigenvalue weighted by Gasteiger charge is 2.20. The third kappa shape index (κ3) is 3.09. The minimum Gasteiger partial charge on any atom is -0.411 e. The van der Waals surface area contributed by atoms with E-state index in [1.165, 1.54) is 0 Å². The number of hydrogen-bond acceptors (Lipinski definition) is 4. The van der Waals surface area contributed by atoms with E-state index in [2.05, 4.69) is 29.0 Å². The van der Waals surface area contributed by atoms with Crippen molar-refractivity contribution in [2.75, 3.05) is 13.1 Å².